The van der Waals surface area contributed by atoms with E-state index < -0.39 is 0 Å². The van der Waals surface area contributed by atoms with Crippen LogP contribution >= 0.6 is 12.2 Å². The lowest BCUT2D eigenvalue weighted by Crippen LogP contribution is -2.01. The van der Waals surface area contributed by atoms with E-state index >= 15 is 0 Å². The number of hydrogen-bond acceptors (Lipinski definition) is 3. The SMILES string of the molecule is CCCCCCCCCCOc1cc(C=CC(=S)c2ccc(CCC)cc2)cc(OCCCCCCCCCC)c1. The van der Waals surface area contributed by atoms with Crippen LogP contribution < -0.4 is 9.47 Å². The van der Waals surface area contributed by atoms with Crippen molar-refractivity contribution in [1.29, 1.82) is 0 Å². The number of thiocarbonyl (C=S) groups is 1. The molecule has 0 aliphatic heterocycles. The van der Waals surface area contributed by atoms with Gasteiger partial charge in [-0.15, -0.1) is 0 Å². The zero-order chi connectivity index (χ0) is 29.4. The molecule has 0 amide bonds. The Balaban J connectivity index is 1.90. The van der Waals surface area contributed by atoms with Crippen molar-refractivity contribution in [3.8, 4) is 11.5 Å². The molecule has 2 aromatic rings. The maximum absolute atomic E-state index is 6.20. The lowest BCUT2D eigenvalue weighted by molar-refractivity contribution is 0.289. The van der Waals surface area contributed by atoms with Gasteiger partial charge in [-0.05, 0) is 54.2 Å². The predicted octanol–water partition coefficient (Wildman–Crippen LogP) is 12.1. The van der Waals surface area contributed by atoms with Crippen molar-refractivity contribution >= 4 is 23.2 Å². The van der Waals surface area contributed by atoms with Gasteiger partial charge in [-0.3, -0.25) is 0 Å². The molecule has 41 heavy (non-hydrogen) atoms. The normalized spacial score (nSPS) is 11.3. The molecule has 0 aliphatic rings. The smallest absolute Gasteiger partial charge is 0.123 e. The summed E-state index contributed by atoms with van der Waals surface area (Å²) in [6.07, 6.45) is 27.2. The average molecular weight is 579 g/mol. The van der Waals surface area contributed by atoms with Crippen LogP contribution in [0, 0.1) is 0 Å². The van der Waals surface area contributed by atoms with E-state index in [0.29, 0.717) is 0 Å². The number of unbranched alkanes of at least 4 members (excludes halogenated alkanes) is 14. The predicted molar refractivity (Wildman–Crippen MR) is 184 cm³/mol. The van der Waals surface area contributed by atoms with Crippen molar-refractivity contribution < 1.29 is 9.47 Å². The summed E-state index contributed by atoms with van der Waals surface area (Å²) in [4.78, 5) is 0.847. The molecular formula is C38H58O2S. The Hall–Kier alpha value is -2.13. The first-order valence-electron chi connectivity index (χ1n) is 16.9. The molecule has 0 unspecified atom stereocenters. The van der Waals surface area contributed by atoms with Crippen LogP contribution in [0.1, 0.15) is 147 Å². The molecule has 2 nitrogen and oxygen atoms in total. The van der Waals surface area contributed by atoms with E-state index in [2.05, 4.69) is 69.3 Å². The highest BCUT2D eigenvalue weighted by atomic mass is 32.1. The topological polar surface area (TPSA) is 18.5 Å². The summed E-state index contributed by atoms with van der Waals surface area (Å²) < 4.78 is 12.4. The molecule has 0 spiro atoms. The van der Waals surface area contributed by atoms with Gasteiger partial charge in [0.15, 0.2) is 0 Å². The summed E-state index contributed by atoms with van der Waals surface area (Å²) in [5, 5.41) is 0. The van der Waals surface area contributed by atoms with Gasteiger partial charge in [0.2, 0.25) is 0 Å². The summed E-state index contributed by atoms with van der Waals surface area (Å²) >= 11 is 5.73. The maximum Gasteiger partial charge on any atom is 0.123 e. The molecule has 0 saturated heterocycles. The molecule has 2 rings (SSSR count). The third kappa shape index (κ3) is 16.8. The van der Waals surface area contributed by atoms with Crippen molar-refractivity contribution in [3.63, 3.8) is 0 Å². The molecule has 3 heteroatoms. The number of aryl methyl sites for hydroxylation is 1. The summed E-state index contributed by atoms with van der Waals surface area (Å²) in [5.74, 6) is 1.77. The quantitative estimate of drug-likeness (QED) is 0.0505. The zero-order valence-corrected chi connectivity index (χ0v) is 27.4. The molecule has 0 saturated carbocycles. The molecule has 0 atom stereocenters. The van der Waals surface area contributed by atoms with Crippen LogP contribution in [0.4, 0.5) is 0 Å². The van der Waals surface area contributed by atoms with Crippen LogP contribution in [0.15, 0.2) is 48.5 Å². The van der Waals surface area contributed by atoms with Crippen LogP contribution in [0.5, 0.6) is 11.5 Å². The van der Waals surface area contributed by atoms with Crippen molar-refractivity contribution in [2.24, 2.45) is 0 Å². The second-order valence-electron chi connectivity index (χ2n) is 11.5. The Morgan fingerprint density at radius 2 is 1.05 bits per heavy atom. The van der Waals surface area contributed by atoms with Gasteiger partial charge in [-0.1, -0.05) is 160 Å². The van der Waals surface area contributed by atoms with Gasteiger partial charge in [-0.2, -0.15) is 0 Å². The van der Waals surface area contributed by atoms with Crippen molar-refractivity contribution in [2.75, 3.05) is 13.2 Å². The minimum atomic E-state index is 0.752. The van der Waals surface area contributed by atoms with E-state index in [-0.39, 0.29) is 0 Å². The fourth-order valence-corrected chi connectivity index (χ4v) is 5.31. The van der Waals surface area contributed by atoms with Crippen LogP contribution in [-0.4, -0.2) is 18.1 Å². The highest BCUT2D eigenvalue weighted by Gasteiger charge is 2.05. The third-order valence-electron chi connectivity index (χ3n) is 7.64. The number of ether oxygens (including phenoxy) is 2. The van der Waals surface area contributed by atoms with Crippen LogP contribution in [-0.2, 0) is 6.42 Å². The Kier molecular flexibility index (Phi) is 20.0. The van der Waals surface area contributed by atoms with Gasteiger partial charge in [0.05, 0.1) is 13.2 Å². The minimum Gasteiger partial charge on any atom is -0.493 e. The Morgan fingerprint density at radius 1 is 0.585 bits per heavy atom. The summed E-state index contributed by atoms with van der Waals surface area (Å²) in [7, 11) is 0. The molecule has 0 aromatic heterocycles. The summed E-state index contributed by atoms with van der Waals surface area (Å²) in [6.45, 7) is 8.26. The zero-order valence-electron chi connectivity index (χ0n) is 26.6. The van der Waals surface area contributed by atoms with Crippen molar-refractivity contribution in [2.45, 2.75) is 136 Å². The van der Waals surface area contributed by atoms with E-state index in [1.807, 2.05) is 6.08 Å². The molecule has 0 aliphatic carbocycles. The molecule has 228 valence electrons. The second kappa shape index (κ2) is 23.4. The number of hydrogen-bond donors (Lipinski definition) is 0. The van der Waals surface area contributed by atoms with E-state index in [9.17, 15) is 0 Å². The molecular weight excluding hydrogens is 520 g/mol. The molecule has 2 aromatic carbocycles. The Bertz CT molecular complexity index is 922. The monoisotopic (exact) mass is 578 g/mol. The molecule has 0 fully saturated rings. The second-order valence-corrected chi connectivity index (χ2v) is 12.0. The van der Waals surface area contributed by atoms with Gasteiger partial charge in [0.25, 0.3) is 0 Å². The molecule has 0 radical (unpaired) electrons. The standard InChI is InChI=1S/C38H58O2S/c1-4-7-9-11-13-15-17-19-28-39-36-30-34(24-27-38(41)35-25-22-33(21-6-3)23-26-35)31-37(32-36)40-29-20-18-16-14-12-10-8-5-2/h22-27,30-32H,4-21,28-29H2,1-3H3. The first kappa shape index (κ1) is 35.1. The lowest BCUT2D eigenvalue weighted by atomic mass is 10.1. The Morgan fingerprint density at radius 3 is 1.51 bits per heavy atom. The highest BCUT2D eigenvalue weighted by molar-refractivity contribution is 7.81. The molecule has 0 N–H and O–H groups in total. The van der Waals surface area contributed by atoms with Gasteiger partial charge in [0.1, 0.15) is 11.5 Å². The Labute approximate surface area is 258 Å². The summed E-state index contributed by atoms with van der Waals surface area (Å²) in [6, 6.07) is 14.9. The largest absolute Gasteiger partial charge is 0.493 e. The lowest BCUT2D eigenvalue weighted by Gasteiger charge is -2.12. The highest BCUT2D eigenvalue weighted by Crippen LogP contribution is 2.25. The van der Waals surface area contributed by atoms with Gasteiger partial charge in [0, 0.05) is 10.9 Å². The van der Waals surface area contributed by atoms with Crippen molar-refractivity contribution in [1.82, 2.24) is 0 Å². The number of allylic oxidation sites excluding steroid dienone is 1. The fourth-order valence-electron chi connectivity index (χ4n) is 5.10. The van der Waals surface area contributed by atoms with Crippen LogP contribution in [0.25, 0.3) is 6.08 Å². The number of rotatable bonds is 25. The summed E-state index contributed by atoms with van der Waals surface area (Å²) in [5.41, 5.74) is 3.52. The molecule has 0 heterocycles. The van der Waals surface area contributed by atoms with Gasteiger partial charge >= 0.3 is 0 Å². The van der Waals surface area contributed by atoms with E-state index in [1.165, 1.54) is 95.5 Å². The van der Waals surface area contributed by atoms with Crippen LogP contribution in [0.3, 0.4) is 0 Å². The average Bonchev–Trinajstić information content (AvgIpc) is 2.99. The van der Waals surface area contributed by atoms with Crippen molar-refractivity contribution in [3.05, 3.63) is 65.2 Å². The fraction of sp³-hybridized carbons (Fsp3) is 0.605. The first-order chi connectivity index (χ1) is 20.2. The van der Waals surface area contributed by atoms with Gasteiger partial charge < -0.3 is 9.47 Å². The van der Waals surface area contributed by atoms with E-state index in [4.69, 9.17) is 21.7 Å². The van der Waals surface area contributed by atoms with Crippen LogP contribution in [0.2, 0.25) is 0 Å². The molecule has 0 bridgehead atoms. The van der Waals surface area contributed by atoms with Gasteiger partial charge in [-0.25, -0.2) is 0 Å². The number of benzene rings is 2. The minimum absolute atomic E-state index is 0.752. The third-order valence-corrected chi connectivity index (χ3v) is 8.01. The maximum atomic E-state index is 6.20. The van der Waals surface area contributed by atoms with E-state index in [1.54, 1.807) is 0 Å². The van der Waals surface area contributed by atoms with E-state index in [0.717, 1.165) is 66.4 Å². The first-order valence-corrected chi connectivity index (χ1v) is 17.3.